The predicted octanol–water partition coefficient (Wildman–Crippen LogP) is 4.22. The van der Waals surface area contributed by atoms with Crippen molar-refractivity contribution < 1.29 is 8.42 Å². The first kappa shape index (κ1) is 15.7. The van der Waals surface area contributed by atoms with Gasteiger partial charge in [0, 0.05) is 12.6 Å². The summed E-state index contributed by atoms with van der Waals surface area (Å²) >= 11 is 1.60. The molecule has 0 spiro atoms. The van der Waals surface area contributed by atoms with Gasteiger partial charge in [0.05, 0.1) is 4.90 Å². The number of nitrogens with zero attached hydrogens (tertiary/aromatic N) is 1. The summed E-state index contributed by atoms with van der Waals surface area (Å²) in [6, 6.07) is 9.49. The molecule has 5 heteroatoms. The predicted molar refractivity (Wildman–Crippen MR) is 90.6 cm³/mol. The summed E-state index contributed by atoms with van der Waals surface area (Å²) in [6.07, 6.45) is 1.93. The summed E-state index contributed by atoms with van der Waals surface area (Å²) in [5.74, 6) is 0.405. The van der Waals surface area contributed by atoms with Crippen LogP contribution in [0.1, 0.15) is 43.7 Å². The molecule has 0 saturated heterocycles. The van der Waals surface area contributed by atoms with E-state index in [1.807, 2.05) is 29.0 Å². The molecule has 0 aliphatic heterocycles. The molecule has 0 amide bonds. The van der Waals surface area contributed by atoms with Crippen LogP contribution in [0.3, 0.4) is 0 Å². The third-order valence-corrected chi connectivity index (χ3v) is 6.67. The van der Waals surface area contributed by atoms with E-state index in [1.54, 1.807) is 27.8 Å². The van der Waals surface area contributed by atoms with E-state index in [-0.39, 0.29) is 6.04 Å². The topological polar surface area (TPSA) is 37.4 Å². The van der Waals surface area contributed by atoms with Crippen LogP contribution in [0.2, 0.25) is 0 Å². The van der Waals surface area contributed by atoms with Gasteiger partial charge in [0.25, 0.3) is 0 Å². The van der Waals surface area contributed by atoms with Crippen molar-refractivity contribution in [1.82, 2.24) is 4.31 Å². The van der Waals surface area contributed by atoms with Crippen molar-refractivity contribution in [2.24, 2.45) is 0 Å². The highest BCUT2D eigenvalue weighted by Crippen LogP contribution is 2.34. The first-order chi connectivity index (χ1) is 10.5. The van der Waals surface area contributed by atoms with Gasteiger partial charge in [0.1, 0.15) is 0 Å². The molecule has 0 bridgehead atoms. The number of hydrogen-bond acceptors (Lipinski definition) is 3. The van der Waals surface area contributed by atoms with Gasteiger partial charge in [0.15, 0.2) is 0 Å². The molecule has 1 fully saturated rings. The smallest absolute Gasteiger partial charge is 0.207 e. The van der Waals surface area contributed by atoms with Crippen molar-refractivity contribution in [1.29, 1.82) is 0 Å². The molecule has 0 atom stereocenters. The SMILES string of the molecule is CC(C)c1ccc(S(=O)(=O)N(Cc2ccsc2)C2CC2)cc1. The lowest BCUT2D eigenvalue weighted by Gasteiger charge is -2.21. The Morgan fingerprint density at radius 1 is 1.18 bits per heavy atom. The van der Waals surface area contributed by atoms with Gasteiger partial charge in [-0.1, -0.05) is 26.0 Å². The fraction of sp³-hybridized carbons (Fsp3) is 0.412. The van der Waals surface area contributed by atoms with Gasteiger partial charge >= 0.3 is 0 Å². The molecule has 1 aliphatic rings. The number of benzene rings is 1. The minimum Gasteiger partial charge on any atom is -0.207 e. The lowest BCUT2D eigenvalue weighted by Crippen LogP contribution is -2.32. The van der Waals surface area contributed by atoms with Crippen LogP contribution in [-0.2, 0) is 16.6 Å². The zero-order valence-corrected chi connectivity index (χ0v) is 14.5. The molecule has 22 heavy (non-hydrogen) atoms. The first-order valence-electron chi connectivity index (χ1n) is 7.61. The molecule has 1 aromatic carbocycles. The highest BCUT2D eigenvalue weighted by atomic mass is 32.2. The summed E-state index contributed by atoms with van der Waals surface area (Å²) < 4.78 is 27.6. The Labute approximate surface area is 136 Å². The Hall–Kier alpha value is -1.17. The molecule has 118 valence electrons. The molecule has 3 nitrogen and oxygen atoms in total. The Morgan fingerprint density at radius 3 is 2.36 bits per heavy atom. The van der Waals surface area contributed by atoms with E-state index in [1.165, 1.54) is 0 Å². The molecule has 0 unspecified atom stereocenters. The number of hydrogen-bond donors (Lipinski definition) is 0. The molecule has 2 aromatic rings. The maximum atomic E-state index is 13.0. The maximum Gasteiger partial charge on any atom is 0.243 e. The molecular formula is C17H21NO2S2. The molecule has 1 heterocycles. The molecular weight excluding hydrogens is 314 g/mol. The standard InChI is InChI=1S/C17H21NO2S2/c1-13(2)15-3-7-17(8-4-15)22(19,20)18(16-5-6-16)11-14-9-10-21-12-14/h3-4,7-10,12-13,16H,5-6,11H2,1-2H3. The fourth-order valence-electron chi connectivity index (χ4n) is 2.50. The Morgan fingerprint density at radius 2 is 1.86 bits per heavy atom. The van der Waals surface area contributed by atoms with E-state index in [0.29, 0.717) is 17.4 Å². The van der Waals surface area contributed by atoms with E-state index in [4.69, 9.17) is 0 Å². The van der Waals surface area contributed by atoms with Crippen LogP contribution < -0.4 is 0 Å². The minimum atomic E-state index is -3.42. The Bertz CT molecular complexity index is 715. The van der Waals surface area contributed by atoms with Crippen molar-refractivity contribution in [2.45, 2.75) is 50.1 Å². The summed E-state index contributed by atoms with van der Waals surface area (Å²) in [6.45, 7) is 4.69. The molecule has 0 radical (unpaired) electrons. The van der Waals surface area contributed by atoms with Crippen LogP contribution in [0.25, 0.3) is 0 Å². The van der Waals surface area contributed by atoms with Crippen LogP contribution in [0.5, 0.6) is 0 Å². The lowest BCUT2D eigenvalue weighted by molar-refractivity contribution is 0.399. The minimum absolute atomic E-state index is 0.162. The van der Waals surface area contributed by atoms with E-state index in [0.717, 1.165) is 24.0 Å². The van der Waals surface area contributed by atoms with E-state index < -0.39 is 10.0 Å². The van der Waals surface area contributed by atoms with Gasteiger partial charge in [0.2, 0.25) is 10.0 Å². The zero-order valence-electron chi connectivity index (χ0n) is 12.9. The average Bonchev–Trinajstić information content (AvgIpc) is 3.20. The molecule has 1 saturated carbocycles. The number of rotatable bonds is 6. The Kier molecular flexibility index (Phi) is 4.39. The second-order valence-electron chi connectivity index (χ2n) is 6.14. The van der Waals surface area contributed by atoms with E-state index in [2.05, 4.69) is 13.8 Å². The summed E-state index contributed by atoms with van der Waals surface area (Å²) in [4.78, 5) is 0.402. The van der Waals surface area contributed by atoms with Crippen molar-refractivity contribution in [3.05, 3.63) is 52.2 Å². The molecule has 0 N–H and O–H groups in total. The summed E-state index contributed by atoms with van der Waals surface area (Å²) in [7, 11) is -3.42. The monoisotopic (exact) mass is 335 g/mol. The summed E-state index contributed by atoms with van der Waals surface area (Å²) in [5, 5.41) is 4.01. The van der Waals surface area contributed by atoms with Gasteiger partial charge in [-0.2, -0.15) is 15.6 Å². The third-order valence-electron chi connectivity index (χ3n) is 4.03. The van der Waals surface area contributed by atoms with Crippen molar-refractivity contribution in [3.63, 3.8) is 0 Å². The quantitative estimate of drug-likeness (QED) is 0.792. The van der Waals surface area contributed by atoms with Crippen LogP contribution >= 0.6 is 11.3 Å². The second-order valence-corrected chi connectivity index (χ2v) is 8.81. The van der Waals surface area contributed by atoms with E-state index >= 15 is 0 Å². The van der Waals surface area contributed by atoms with Crippen molar-refractivity contribution in [2.75, 3.05) is 0 Å². The number of sulfonamides is 1. The van der Waals surface area contributed by atoms with Crippen LogP contribution in [0.15, 0.2) is 46.0 Å². The molecule has 1 aliphatic carbocycles. The summed E-state index contributed by atoms with van der Waals surface area (Å²) in [5.41, 5.74) is 2.23. The second kappa shape index (κ2) is 6.14. The van der Waals surface area contributed by atoms with Crippen LogP contribution in [-0.4, -0.2) is 18.8 Å². The number of thiophene rings is 1. The van der Waals surface area contributed by atoms with E-state index in [9.17, 15) is 8.42 Å². The third kappa shape index (κ3) is 3.26. The van der Waals surface area contributed by atoms with Crippen molar-refractivity contribution >= 4 is 21.4 Å². The highest BCUT2D eigenvalue weighted by molar-refractivity contribution is 7.89. The van der Waals surface area contributed by atoms with Crippen LogP contribution in [0.4, 0.5) is 0 Å². The van der Waals surface area contributed by atoms with Crippen LogP contribution in [0, 0.1) is 0 Å². The van der Waals surface area contributed by atoms with Gasteiger partial charge in [-0.25, -0.2) is 8.42 Å². The first-order valence-corrected chi connectivity index (χ1v) is 9.99. The Balaban J connectivity index is 1.88. The fourth-order valence-corrected chi connectivity index (χ4v) is 4.83. The van der Waals surface area contributed by atoms with Crippen molar-refractivity contribution in [3.8, 4) is 0 Å². The molecule has 1 aromatic heterocycles. The molecule has 3 rings (SSSR count). The van der Waals surface area contributed by atoms with Gasteiger partial charge in [-0.3, -0.25) is 0 Å². The highest BCUT2D eigenvalue weighted by Gasteiger charge is 2.38. The lowest BCUT2D eigenvalue weighted by atomic mass is 10.0. The van der Waals surface area contributed by atoms with Gasteiger partial charge < -0.3 is 0 Å². The zero-order chi connectivity index (χ0) is 15.7. The van der Waals surface area contributed by atoms with Gasteiger partial charge in [-0.05, 0) is 58.8 Å². The normalized spacial score (nSPS) is 15.6. The maximum absolute atomic E-state index is 13.0. The largest absolute Gasteiger partial charge is 0.243 e. The van der Waals surface area contributed by atoms with Gasteiger partial charge in [-0.15, -0.1) is 0 Å². The average molecular weight is 335 g/mol.